The van der Waals surface area contributed by atoms with Crippen LogP contribution in [0.2, 0.25) is 0 Å². The molecule has 28 heavy (non-hydrogen) atoms. The third-order valence-electron chi connectivity index (χ3n) is 4.37. The van der Waals surface area contributed by atoms with Crippen LogP contribution in [0.5, 0.6) is 5.75 Å². The molecule has 1 unspecified atom stereocenters. The van der Waals surface area contributed by atoms with Gasteiger partial charge >= 0.3 is 0 Å². The van der Waals surface area contributed by atoms with Crippen molar-refractivity contribution >= 4 is 17.0 Å². The van der Waals surface area contributed by atoms with Crippen molar-refractivity contribution in [1.29, 1.82) is 0 Å². The molecule has 0 radical (unpaired) electrons. The average Bonchev–Trinajstić information content (AvgIpc) is 3.12. The fourth-order valence-corrected chi connectivity index (χ4v) is 2.86. The zero-order chi connectivity index (χ0) is 19.8. The number of hydrogen-bond acceptors (Lipinski definition) is 3. The van der Waals surface area contributed by atoms with Gasteiger partial charge in [-0.15, -0.1) is 0 Å². The molecule has 0 spiro atoms. The number of para-hydroxylation sites is 2. The quantitative estimate of drug-likeness (QED) is 0.412. The minimum atomic E-state index is -0.302. The summed E-state index contributed by atoms with van der Waals surface area (Å²) in [4.78, 5) is 12.1. The first-order chi connectivity index (χ1) is 13.7. The Balaban J connectivity index is 1.45. The minimum absolute atomic E-state index is 0.0873. The normalized spacial score (nSPS) is 12.8. The average molecular weight is 383 g/mol. The molecule has 148 valence electrons. The van der Waals surface area contributed by atoms with Crippen molar-refractivity contribution in [2.24, 2.45) is 4.99 Å². The van der Waals surface area contributed by atoms with Crippen molar-refractivity contribution < 1.29 is 9.13 Å². The zero-order valence-electron chi connectivity index (χ0n) is 16.2. The van der Waals surface area contributed by atoms with Crippen molar-refractivity contribution in [3.8, 4) is 5.75 Å². The van der Waals surface area contributed by atoms with Gasteiger partial charge in [-0.2, -0.15) is 0 Å². The fraction of sp³-hybridized carbons (Fsp3) is 0.333. The van der Waals surface area contributed by atoms with Crippen molar-refractivity contribution in [2.45, 2.75) is 25.9 Å². The molecule has 1 atom stereocenters. The Kier molecular flexibility index (Phi) is 6.84. The van der Waals surface area contributed by atoms with Gasteiger partial charge in [-0.3, -0.25) is 4.99 Å². The van der Waals surface area contributed by atoms with Crippen molar-refractivity contribution in [2.75, 3.05) is 20.1 Å². The molecule has 3 aromatic rings. The van der Waals surface area contributed by atoms with Gasteiger partial charge in [0, 0.05) is 26.1 Å². The topological polar surface area (TPSA) is 74.3 Å². The van der Waals surface area contributed by atoms with Crippen LogP contribution in [0.4, 0.5) is 4.39 Å². The van der Waals surface area contributed by atoms with Crippen LogP contribution in [0.15, 0.2) is 53.5 Å². The van der Waals surface area contributed by atoms with Gasteiger partial charge in [0.2, 0.25) is 0 Å². The fourth-order valence-electron chi connectivity index (χ4n) is 2.86. The van der Waals surface area contributed by atoms with E-state index >= 15 is 0 Å². The monoisotopic (exact) mass is 383 g/mol. The molecule has 0 saturated carbocycles. The molecule has 0 aliphatic carbocycles. The van der Waals surface area contributed by atoms with Crippen LogP contribution in [-0.2, 0) is 6.42 Å². The molecule has 1 aromatic heterocycles. The van der Waals surface area contributed by atoms with E-state index in [1.54, 1.807) is 19.2 Å². The summed E-state index contributed by atoms with van der Waals surface area (Å²) in [6.07, 6.45) is 1.46. The first-order valence-electron chi connectivity index (χ1n) is 9.48. The summed E-state index contributed by atoms with van der Waals surface area (Å²) in [6, 6.07) is 14.2. The minimum Gasteiger partial charge on any atom is -0.489 e. The number of aromatic amines is 1. The Morgan fingerprint density at radius 1 is 1.21 bits per heavy atom. The highest BCUT2D eigenvalue weighted by atomic mass is 19.1. The predicted molar refractivity (Wildman–Crippen MR) is 110 cm³/mol. The highest BCUT2D eigenvalue weighted by molar-refractivity contribution is 5.79. The summed E-state index contributed by atoms with van der Waals surface area (Å²) in [6.45, 7) is 3.29. The van der Waals surface area contributed by atoms with Crippen LogP contribution in [0.1, 0.15) is 19.2 Å². The number of hydrogen-bond donors (Lipinski definition) is 3. The number of H-pyrrole nitrogens is 1. The second kappa shape index (κ2) is 9.73. The lowest BCUT2D eigenvalue weighted by Gasteiger charge is -2.20. The second-order valence-corrected chi connectivity index (χ2v) is 6.44. The molecule has 3 rings (SSSR count). The molecule has 1 heterocycles. The van der Waals surface area contributed by atoms with Gasteiger partial charge in [0.1, 0.15) is 23.5 Å². The van der Waals surface area contributed by atoms with Gasteiger partial charge in [-0.1, -0.05) is 25.1 Å². The zero-order valence-corrected chi connectivity index (χ0v) is 16.2. The maximum absolute atomic E-state index is 13.3. The van der Waals surface area contributed by atoms with E-state index in [1.807, 2.05) is 31.2 Å². The molecule has 7 heteroatoms. The summed E-state index contributed by atoms with van der Waals surface area (Å²) in [7, 11) is 1.73. The maximum Gasteiger partial charge on any atom is 0.191 e. The molecule has 6 nitrogen and oxygen atoms in total. The molecule has 0 saturated heterocycles. The number of halogens is 1. The van der Waals surface area contributed by atoms with E-state index in [0.29, 0.717) is 24.8 Å². The van der Waals surface area contributed by atoms with Crippen LogP contribution in [0.3, 0.4) is 0 Å². The first kappa shape index (κ1) is 19.7. The van der Waals surface area contributed by atoms with E-state index < -0.39 is 0 Å². The van der Waals surface area contributed by atoms with E-state index in [9.17, 15) is 4.39 Å². The molecular formula is C21H26FN5O. The summed E-state index contributed by atoms with van der Waals surface area (Å²) in [5, 5.41) is 6.54. The van der Waals surface area contributed by atoms with Gasteiger partial charge in [-0.05, 0) is 30.7 Å². The number of rotatable bonds is 8. The predicted octanol–water partition coefficient (Wildman–Crippen LogP) is 3.27. The highest BCUT2D eigenvalue weighted by Gasteiger charge is 2.10. The van der Waals surface area contributed by atoms with E-state index in [1.165, 1.54) is 12.1 Å². The maximum atomic E-state index is 13.3. The number of benzene rings is 2. The lowest BCUT2D eigenvalue weighted by molar-refractivity contribution is 0.199. The highest BCUT2D eigenvalue weighted by Crippen LogP contribution is 2.14. The van der Waals surface area contributed by atoms with Crippen molar-refractivity contribution in [3.05, 3.63) is 60.2 Å². The third kappa shape index (κ3) is 5.45. The van der Waals surface area contributed by atoms with Crippen LogP contribution in [0, 0.1) is 5.82 Å². The summed E-state index contributed by atoms with van der Waals surface area (Å²) < 4.78 is 19.2. The van der Waals surface area contributed by atoms with E-state index in [4.69, 9.17) is 4.74 Å². The molecule has 3 N–H and O–H groups in total. The number of nitrogens with one attached hydrogen (secondary N) is 3. The third-order valence-corrected chi connectivity index (χ3v) is 4.37. The number of aliphatic imine (C=N–C) groups is 1. The molecule has 0 aliphatic rings. The molecular weight excluding hydrogens is 357 g/mol. The van der Waals surface area contributed by atoms with E-state index in [2.05, 4.69) is 25.6 Å². The number of ether oxygens (including phenoxy) is 1. The summed E-state index contributed by atoms with van der Waals surface area (Å²) in [5.74, 6) is 1.85. The van der Waals surface area contributed by atoms with Crippen LogP contribution in [0.25, 0.3) is 11.0 Å². The standard InChI is InChI=1S/C21H26FN5O/c1-3-16(28-17-8-6-7-15(22)13-17)14-25-21(23-2)24-12-11-20-26-18-9-4-5-10-19(18)27-20/h4-10,13,16H,3,11-12,14H2,1-2H3,(H,26,27)(H2,23,24,25). The molecule has 0 fully saturated rings. The molecule has 0 amide bonds. The van der Waals surface area contributed by atoms with Crippen LogP contribution in [-0.4, -0.2) is 42.2 Å². The largest absolute Gasteiger partial charge is 0.489 e. The Hall–Kier alpha value is -3.09. The van der Waals surface area contributed by atoms with Gasteiger partial charge in [0.15, 0.2) is 5.96 Å². The Morgan fingerprint density at radius 2 is 2.07 bits per heavy atom. The van der Waals surface area contributed by atoms with Crippen molar-refractivity contribution in [1.82, 2.24) is 20.6 Å². The summed E-state index contributed by atoms with van der Waals surface area (Å²) in [5.41, 5.74) is 2.01. The first-order valence-corrected chi connectivity index (χ1v) is 9.48. The Labute approximate surface area is 164 Å². The Morgan fingerprint density at radius 3 is 2.82 bits per heavy atom. The number of fused-ring (bicyclic) bond motifs is 1. The van der Waals surface area contributed by atoms with Gasteiger partial charge in [-0.25, -0.2) is 9.37 Å². The lowest BCUT2D eigenvalue weighted by Crippen LogP contribution is -2.43. The van der Waals surface area contributed by atoms with Gasteiger partial charge < -0.3 is 20.4 Å². The number of nitrogens with zero attached hydrogens (tertiary/aromatic N) is 2. The van der Waals surface area contributed by atoms with Gasteiger partial charge in [0.05, 0.1) is 17.6 Å². The SMILES string of the molecule is CCC(CNC(=NC)NCCc1nc2ccccc2[nH]1)Oc1cccc(F)c1. The summed E-state index contributed by atoms with van der Waals surface area (Å²) >= 11 is 0. The molecule has 0 bridgehead atoms. The second-order valence-electron chi connectivity index (χ2n) is 6.44. The van der Waals surface area contributed by atoms with E-state index in [-0.39, 0.29) is 11.9 Å². The Bertz CT molecular complexity index is 891. The van der Waals surface area contributed by atoms with Crippen LogP contribution >= 0.6 is 0 Å². The van der Waals surface area contributed by atoms with E-state index in [0.717, 1.165) is 29.7 Å². The smallest absolute Gasteiger partial charge is 0.191 e. The molecule has 0 aliphatic heterocycles. The number of imidazole rings is 1. The lowest BCUT2D eigenvalue weighted by atomic mass is 10.2. The van der Waals surface area contributed by atoms with Gasteiger partial charge in [0.25, 0.3) is 0 Å². The number of aromatic nitrogens is 2. The molecule has 2 aromatic carbocycles. The van der Waals surface area contributed by atoms with Crippen LogP contribution < -0.4 is 15.4 Å². The van der Waals surface area contributed by atoms with Crippen molar-refractivity contribution in [3.63, 3.8) is 0 Å². The number of guanidine groups is 1.